The van der Waals surface area contributed by atoms with Crippen molar-refractivity contribution in [2.45, 2.75) is 45.4 Å². The molecule has 3 rings (SSSR count). The Bertz CT molecular complexity index is 524. The second-order valence-corrected chi connectivity index (χ2v) is 6.95. The first kappa shape index (κ1) is 14.6. The molecule has 0 aromatic heterocycles. The first-order valence-electron chi connectivity index (χ1n) is 8.11. The van der Waals surface area contributed by atoms with E-state index in [1.807, 2.05) is 12.1 Å². The fourth-order valence-electron chi connectivity index (χ4n) is 3.33. The summed E-state index contributed by atoms with van der Waals surface area (Å²) in [6, 6.07) is 7.02. The number of hydrogen-bond acceptors (Lipinski definition) is 1. The van der Waals surface area contributed by atoms with Gasteiger partial charge in [0, 0.05) is 18.5 Å². The monoisotopic (exact) mass is 289 g/mol. The topological polar surface area (TPSA) is 20.3 Å². The molecule has 0 bridgehead atoms. The third kappa shape index (κ3) is 3.28. The molecule has 114 valence electrons. The van der Waals surface area contributed by atoms with E-state index in [0.29, 0.717) is 11.8 Å². The number of likely N-dealkylation sites (tertiary alicyclic amines) is 1. The van der Waals surface area contributed by atoms with Gasteiger partial charge in [-0.3, -0.25) is 4.79 Å². The van der Waals surface area contributed by atoms with Crippen LogP contribution >= 0.6 is 0 Å². The number of hydrogen-bond donors (Lipinski definition) is 0. The number of benzene rings is 1. The predicted octanol–water partition coefficient (Wildman–Crippen LogP) is 3.80. The van der Waals surface area contributed by atoms with Crippen LogP contribution in [-0.4, -0.2) is 23.9 Å². The molecule has 2 nitrogen and oxygen atoms in total. The normalized spacial score (nSPS) is 23.9. The molecule has 1 heterocycles. The molecule has 2 aliphatic rings. The lowest BCUT2D eigenvalue weighted by molar-refractivity contribution is -0.138. The molecule has 21 heavy (non-hydrogen) atoms. The maximum atomic E-state index is 13.6. The summed E-state index contributed by atoms with van der Waals surface area (Å²) in [5.74, 6) is 0.759. The van der Waals surface area contributed by atoms with Crippen LogP contribution in [0.5, 0.6) is 0 Å². The Hall–Kier alpha value is -1.38. The summed E-state index contributed by atoms with van der Waals surface area (Å²) in [4.78, 5) is 14.5. The minimum absolute atomic E-state index is 0.0621. The van der Waals surface area contributed by atoms with Crippen LogP contribution in [0.1, 0.15) is 44.6 Å². The standard InChI is InChI=1S/C18H24FNO/c1-18(10-11-18)17(21)20-12-4-5-14(13-20)8-9-15-6-2-3-7-16(15)19/h2-3,6-7,14H,4-5,8-13H2,1H3/t14-/m1/s1. The van der Waals surface area contributed by atoms with Crippen molar-refractivity contribution >= 4 is 5.91 Å². The number of nitrogens with zero attached hydrogens (tertiary/aromatic N) is 1. The van der Waals surface area contributed by atoms with Gasteiger partial charge in [-0.25, -0.2) is 4.39 Å². The molecule has 1 saturated carbocycles. The largest absolute Gasteiger partial charge is 0.342 e. The minimum Gasteiger partial charge on any atom is -0.342 e. The predicted molar refractivity (Wildman–Crippen MR) is 81.4 cm³/mol. The van der Waals surface area contributed by atoms with Crippen LogP contribution in [0.2, 0.25) is 0 Å². The van der Waals surface area contributed by atoms with E-state index in [-0.39, 0.29) is 11.2 Å². The summed E-state index contributed by atoms with van der Waals surface area (Å²) in [7, 11) is 0. The van der Waals surface area contributed by atoms with Crippen molar-refractivity contribution in [2.24, 2.45) is 11.3 Å². The van der Waals surface area contributed by atoms with E-state index >= 15 is 0 Å². The summed E-state index contributed by atoms with van der Waals surface area (Å²) < 4.78 is 13.6. The zero-order chi connectivity index (χ0) is 14.9. The molecule has 1 aliphatic heterocycles. The minimum atomic E-state index is -0.105. The lowest BCUT2D eigenvalue weighted by Gasteiger charge is -2.34. The van der Waals surface area contributed by atoms with Crippen molar-refractivity contribution < 1.29 is 9.18 Å². The van der Waals surface area contributed by atoms with E-state index in [1.54, 1.807) is 6.07 Å². The molecule has 1 aromatic carbocycles. The molecular formula is C18H24FNO. The molecular weight excluding hydrogens is 265 g/mol. The molecule has 2 fully saturated rings. The number of halogens is 1. The number of rotatable bonds is 4. The Balaban J connectivity index is 1.54. The maximum Gasteiger partial charge on any atom is 0.228 e. The zero-order valence-electron chi connectivity index (χ0n) is 12.8. The lowest BCUT2D eigenvalue weighted by Crippen LogP contribution is -2.43. The first-order valence-corrected chi connectivity index (χ1v) is 8.11. The molecule has 0 spiro atoms. The van der Waals surface area contributed by atoms with Crippen LogP contribution in [0.15, 0.2) is 24.3 Å². The number of aryl methyl sites for hydroxylation is 1. The summed E-state index contributed by atoms with van der Waals surface area (Å²) in [6.45, 7) is 3.85. The highest BCUT2D eigenvalue weighted by molar-refractivity contribution is 5.85. The van der Waals surface area contributed by atoms with Crippen molar-refractivity contribution in [2.75, 3.05) is 13.1 Å². The van der Waals surface area contributed by atoms with Gasteiger partial charge in [-0.05, 0) is 56.1 Å². The average Bonchev–Trinajstić information content (AvgIpc) is 3.25. The highest BCUT2D eigenvalue weighted by Crippen LogP contribution is 2.47. The molecule has 3 heteroatoms. The number of carbonyl (C=O) groups is 1. The fourth-order valence-corrected chi connectivity index (χ4v) is 3.33. The van der Waals surface area contributed by atoms with Gasteiger partial charge in [0.05, 0.1) is 0 Å². The van der Waals surface area contributed by atoms with Gasteiger partial charge in [0.1, 0.15) is 5.82 Å². The summed E-state index contributed by atoms with van der Waals surface area (Å²) >= 11 is 0. The van der Waals surface area contributed by atoms with E-state index in [4.69, 9.17) is 0 Å². The quantitative estimate of drug-likeness (QED) is 0.825. The van der Waals surface area contributed by atoms with Crippen LogP contribution < -0.4 is 0 Å². The van der Waals surface area contributed by atoms with E-state index in [1.165, 1.54) is 6.07 Å². The molecule has 0 radical (unpaired) electrons. The van der Waals surface area contributed by atoms with Gasteiger partial charge in [0.15, 0.2) is 0 Å². The van der Waals surface area contributed by atoms with Gasteiger partial charge < -0.3 is 4.90 Å². The smallest absolute Gasteiger partial charge is 0.228 e. The molecule has 1 aliphatic carbocycles. The number of piperidine rings is 1. The Labute approximate surface area is 126 Å². The molecule has 1 aromatic rings. The highest BCUT2D eigenvalue weighted by atomic mass is 19.1. The van der Waals surface area contributed by atoms with Gasteiger partial charge in [0.25, 0.3) is 0 Å². The molecule has 1 saturated heterocycles. The fraction of sp³-hybridized carbons (Fsp3) is 0.611. The van der Waals surface area contributed by atoms with Crippen LogP contribution in [0.3, 0.4) is 0 Å². The average molecular weight is 289 g/mol. The van der Waals surface area contributed by atoms with Crippen molar-refractivity contribution in [3.05, 3.63) is 35.6 Å². The van der Waals surface area contributed by atoms with Crippen molar-refractivity contribution in [1.29, 1.82) is 0 Å². The lowest BCUT2D eigenvalue weighted by atomic mass is 9.90. The van der Waals surface area contributed by atoms with Gasteiger partial charge in [-0.15, -0.1) is 0 Å². The second kappa shape index (κ2) is 5.78. The Morgan fingerprint density at radius 3 is 2.86 bits per heavy atom. The molecule has 0 unspecified atom stereocenters. The Kier molecular flexibility index (Phi) is 4.01. The summed E-state index contributed by atoms with van der Waals surface area (Å²) in [5.41, 5.74) is 0.739. The van der Waals surface area contributed by atoms with Crippen LogP contribution in [-0.2, 0) is 11.2 Å². The molecule has 1 atom stereocenters. The maximum absolute atomic E-state index is 13.6. The van der Waals surface area contributed by atoms with Crippen LogP contribution in [0.25, 0.3) is 0 Å². The van der Waals surface area contributed by atoms with E-state index in [2.05, 4.69) is 11.8 Å². The summed E-state index contributed by atoms with van der Waals surface area (Å²) in [6.07, 6.45) is 6.08. The Morgan fingerprint density at radius 1 is 1.38 bits per heavy atom. The third-order valence-corrected chi connectivity index (χ3v) is 5.10. The molecule has 0 N–H and O–H groups in total. The molecule has 1 amide bonds. The Morgan fingerprint density at radius 2 is 2.14 bits per heavy atom. The van der Waals surface area contributed by atoms with E-state index < -0.39 is 0 Å². The van der Waals surface area contributed by atoms with Gasteiger partial charge in [0.2, 0.25) is 5.91 Å². The second-order valence-electron chi connectivity index (χ2n) is 6.95. The van der Waals surface area contributed by atoms with Gasteiger partial charge >= 0.3 is 0 Å². The van der Waals surface area contributed by atoms with Gasteiger partial charge in [-0.1, -0.05) is 25.1 Å². The van der Waals surface area contributed by atoms with Crippen LogP contribution in [0, 0.1) is 17.2 Å². The number of carbonyl (C=O) groups excluding carboxylic acids is 1. The summed E-state index contributed by atoms with van der Waals surface area (Å²) in [5, 5.41) is 0. The highest BCUT2D eigenvalue weighted by Gasteiger charge is 2.47. The SMILES string of the molecule is CC1(C(=O)N2CCC[C@H](CCc3ccccc3F)C2)CC1. The van der Waals surface area contributed by atoms with Crippen molar-refractivity contribution in [3.63, 3.8) is 0 Å². The number of amides is 1. The zero-order valence-corrected chi connectivity index (χ0v) is 12.8. The van der Waals surface area contributed by atoms with E-state index in [9.17, 15) is 9.18 Å². The van der Waals surface area contributed by atoms with Crippen molar-refractivity contribution in [1.82, 2.24) is 4.90 Å². The van der Waals surface area contributed by atoms with Crippen molar-refractivity contribution in [3.8, 4) is 0 Å². The third-order valence-electron chi connectivity index (χ3n) is 5.10. The van der Waals surface area contributed by atoms with Crippen LogP contribution in [0.4, 0.5) is 4.39 Å². The van der Waals surface area contributed by atoms with E-state index in [0.717, 1.165) is 57.2 Å². The van der Waals surface area contributed by atoms with Gasteiger partial charge in [-0.2, -0.15) is 0 Å². The first-order chi connectivity index (χ1) is 10.1.